The van der Waals surface area contributed by atoms with E-state index in [0.717, 1.165) is 0 Å². The second kappa shape index (κ2) is 17.4. The van der Waals surface area contributed by atoms with Crippen molar-refractivity contribution in [3.05, 3.63) is 0 Å². The first kappa shape index (κ1) is 30.3. The zero-order valence-corrected chi connectivity index (χ0v) is 7.86. The van der Waals surface area contributed by atoms with E-state index in [4.69, 9.17) is 0 Å². The molecule has 0 aliphatic rings. The van der Waals surface area contributed by atoms with E-state index in [1.807, 2.05) is 0 Å². The van der Waals surface area contributed by atoms with Crippen molar-refractivity contribution in [1.29, 1.82) is 0 Å². The number of hydrogen-bond acceptors (Lipinski definition) is 0. The minimum atomic E-state index is 0. The van der Waals surface area contributed by atoms with Crippen LogP contribution >= 0.6 is 0 Å². The summed E-state index contributed by atoms with van der Waals surface area (Å²) in [5, 5.41) is 0. The van der Waals surface area contributed by atoms with Gasteiger partial charge in [0, 0.05) is 41.2 Å². The molecular formula is H5AlMgTiZn. The van der Waals surface area contributed by atoms with E-state index in [1.165, 1.54) is 0 Å². The number of rotatable bonds is 0. The van der Waals surface area contributed by atoms with Crippen LogP contribution in [0, 0.1) is 0 Å². The van der Waals surface area contributed by atoms with Crippen LogP contribution in [-0.4, -0.2) is 40.4 Å². The van der Waals surface area contributed by atoms with Gasteiger partial charge in [-0.25, -0.2) is 0 Å². The smallest absolute Gasteiger partial charge is 1.00 e. The Morgan fingerprint density at radius 1 is 1.25 bits per heavy atom. The molecule has 0 amide bonds. The van der Waals surface area contributed by atoms with Crippen LogP contribution in [0.2, 0.25) is 0 Å². The van der Waals surface area contributed by atoms with Gasteiger partial charge in [-0.3, -0.25) is 0 Å². The van der Waals surface area contributed by atoms with Gasteiger partial charge in [-0.1, -0.05) is 0 Å². The van der Waals surface area contributed by atoms with Crippen LogP contribution in [0.3, 0.4) is 0 Å². The van der Waals surface area contributed by atoms with Crippen molar-refractivity contribution in [2.45, 2.75) is 0 Å². The van der Waals surface area contributed by atoms with E-state index in [1.54, 1.807) is 0 Å². The van der Waals surface area contributed by atoms with Crippen molar-refractivity contribution in [1.82, 2.24) is 0 Å². The van der Waals surface area contributed by atoms with Crippen LogP contribution in [0.5, 0.6) is 0 Å². The van der Waals surface area contributed by atoms with Gasteiger partial charge in [-0.05, 0) is 0 Å². The molecule has 0 radical (unpaired) electrons. The van der Waals surface area contributed by atoms with Gasteiger partial charge < -0.3 is 2.85 Å². The Hall–Kier alpha value is 2.64. The van der Waals surface area contributed by atoms with Crippen molar-refractivity contribution in [2.24, 2.45) is 0 Å². The van der Waals surface area contributed by atoms with E-state index < -0.39 is 0 Å². The third-order valence-electron chi connectivity index (χ3n) is 0. The van der Waals surface area contributed by atoms with E-state index in [2.05, 4.69) is 0 Å². The topological polar surface area (TPSA) is 0 Å². The van der Waals surface area contributed by atoms with E-state index in [0.29, 0.717) is 0 Å². The standard InChI is InChI=1S/Al.Mg.Ti.Zn.5H/q;+2;;;;;;2*-1. The monoisotopic (exact) mass is 168 g/mol. The van der Waals surface area contributed by atoms with Gasteiger partial charge >= 0.3 is 23.1 Å². The molecule has 0 N–H and O–H groups in total. The second-order valence-electron chi connectivity index (χ2n) is 0. The van der Waals surface area contributed by atoms with Gasteiger partial charge in [0.15, 0.2) is 17.4 Å². The molecule has 0 nitrogen and oxygen atoms in total. The molecule has 0 fully saturated rings. The Labute approximate surface area is 83.4 Å². The van der Waals surface area contributed by atoms with E-state index >= 15 is 0 Å². The molecule has 0 aliphatic heterocycles. The molecule has 0 aromatic rings. The fraction of sp³-hybridized carbons (Fsp3) is 0. The van der Waals surface area contributed by atoms with Gasteiger partial charge in [0.1, 0.15) is 0 Å². The molecule has 0 aromatic carbocycles. The molecule has 4 heteroatoms. The summed E-state index contributed by atoms with van der Waals surface area (Å²) in [5.74, 6) is 0. The van der Waals surface area contributed by atoms with Crippen molar-refractivity contribution in [3.8, 4) is 0 Å². The molecular weight excluding hydrogens is 165 g/mol. The maximum atomic E-state index is 0. The summed E-state index contributed by atoms with van der Waals surface area (Å²) in [6, 6.07) is 0. The van der Waals surface area contributed by atoms with Crippen LogP contribution < -0.4 is 0 Å². The first-order chi connectivity index (χ1) is 0. The maximum Gasteiger partial charge on any atom is 2.00 e. The zero-order chi connectivity index (χ0) is 0. The molecule has 0 saturated carbocycles. The van der Waals surface area contributed by atoms with Gasteiger partial charge in [0.05, 0.1) is 0 Å². The molecule has 4 heavy (non-hydrogen) atoms. The molecule has 16 valence electrons. The molecule has 0 rings (SSSR count). The summed E-state index contributed by atoms with van der Waals surface area (Å²) >= 11 is 0. The van der Waals surface area contributed by atoms with Crippen LogP contribution in [0.4, 0.5) is 0 Å². The maximum absolute atomic E-state index is 0. The van der Waals surface area contributed by atoms with Crippen molar-refractivity contribution in [2.75, 3.05) is 0 Å². The summed E-state index contributed by atoms with van der Waals surface area (Å²) in [5.41, 5.74) is 0. The third kappa shape index (κ3) is 8.82. The van der Waals surface area contributed by atoms with Crippen LogP contribution in [-0.2, 0) is 41.2 Å². The Kier molecular flexibility index (Phi) is 132. The molecule has 0 aliphatic carbocycles. The molecule has 0 aromatic heterocycles. The summed E-state index contributed by atoms with van der Waals surface area (Å²) in [6.07, 6.45) is 0. The predicted molar refractivity (Wildman–Crippen MR) is 17.9 cm³/mol. The molecule has 0 heterocycles. The Morgan fingerprint density at radius 3 is 1.25 bits per heavy atom. The zero-order valence-electron chi connectivity index (χ0n) is 3.91. The Morgan fingerprint density at radius 2 is 1.25 bits per heavy atom. The fourth-order valence-corrected chi connectivity index (χ4v) is 0. The Bertz CT molecular complexity index is 13.5. The predicted octanol–water partition coefficient (Wildman–Crippen LogP) is -1.34. The average Bonchev–Trinajstić information content (AvgIpc) is 0. The minimum Gasteiger partial charge on any atom is -1.00 e. The van der Waals surface area contributed by atoms with E-state index in [9.17, 15) is 0 Å². The van der Waals surface area contributed by atoms with Gasteiger partial charge in [-0.15, -0.1) is 0 Å². The van der Waals surface area contributed by atoms with Crippen LogP contribution in [0.25, 0.3) is 0 Å². The van der Waals surface area contributed by atoms with Gasteiger partial charge in [0.25, 0.3) is 0 Å². The minimum absolute atomic E-state index is 0. The molecule has 0 saturated heterocycles. The summed E-state index contributed by atoms with van der Waals surface area (Å²) < 4.78 is 0. The van der Waals surface area contributed by atoms with Crippen molar-refractivity contribution in [3.63, 3.8) is 0 Å². The summed E-state index contributed by atoms with van der Waals surface area (Å²) in [6.45, 7) is 0. The van der Waals surface area contributed by atoms with Crippen LogP contribution in [0.15, 0.2) is 0 Å². The molecule has 0 unspecified atom stereocenters. The van der Waals surface area contributed by atoms with Crippen molar-refractivity contribution >= 4 is 40.4 Å². The molecule has 0 atom stereocenters. The molecule has 0 bridgehead atoms. The average molecular weight is 170 g/mol. The number of hydrogen-bond donors (Lipinski definition) is 0. The summed E-state index contributed by atoms with van der Waals surface area (Å²) in [7, 11) is 0. The van der Waals surface area contributed by atoms with Gasteiger partial charge in [-0.2, -0.15) is 0 Å². The quantitative estimate of drug-likeness (QED) is 0.394. The summed E-state index contributed by atoms with van der Waals surface area (Å²) in [4.78, 5) is 0. The van der Waals surface area contributed by atoms with Gasteiger partial charge in [0.2, 0.25) is 0 Å². The largest absolute Gasteiger partial charge is 2.00 e. The van der Waals surface area contributed by atoms with E-state index in [-0.39, 0.29) is 84.5 Å². The third-order valence-corrected chi connectivity index (χ3v) is 0. The van der Waals surface area contributed by atoms with Crippen molar-refractivity contribution < 1.29 is 44.0 Å². The molecule has 0 spiro atoms. The Balaban J connectivity index is 0. The first-order valence-corrected chi connectivity index (χ1v) is 0. The first-order valence-electron chi connectivity index (χ1n) is 0. The van der Waals surface area contributed by atoms with Crippen LogP contribution in [0.1, 0.15) is 2.85 Å². The SMILES string of the molecule is [AlH3].[H-].[H-].[Mg+2].[Ti].[Zn]. The normalized spacial score (nSPS) is 0. The second-order valence-corrected chi connectivity index (χ2v) is 0. The fourth-order valence-electron chi connectivity index (χ4n) is 0.